The van der Waals surface area contributed by atoms with E-state index in [1.807, 2.05) is 18.7 Å². The highest BCUT2D eigenvalue weighted by atomic mass is 32.2. The number of piperidine rings is 1. The van der Waals surface area contributed by atoms with Gasteiger partial charge in [-0.05, 0) is 78.8 Å². The SMILES string of the molecule is C/C=S(\CCCO)N1CC=C(c2ccc3nc(O/C=C/C4[C@H]5CN(c6ncc(CCC)cn6)C[C@@H]45)sc3c2)CC1. The Morgan fingerprint density at radius 3 is 2.73 bits per heavy atom. The molecule has 1 aromatic carbocycles. The lowest BCUT2D eigenvalue weighted by molar-refractivity contribution is 0.296. The molecular formula is C31H39N5O2S2. The van der Waals surface area contributed by atoms with E-state index in [9.17, 15) is 5.11 Å². The van der Waals surface area contributed by atoms with Crippen LogP contribution in [0.3, 0.4) is 0 Å². The molecule has 3 aromatic rings. The Kier molecular flexibility index (Phi) is 8.62. The lowest BCUT2D eigenvalue weighted by atomic mass is 10.0. The highest BCUT2D eigenvalue weighted by Crippen LogP contribution is 2.53. The fourth-order valence-electron chi connectivity index (χ4n) is 6.03. The van der Waals surface area contributed by atoms with E-state index >= 15 is 0 Å². The fraction of sp³-hybridized carbons (Fsp3) is 0.484. The van der Waals surface area contributed by atoms with Gasteiger partial charge in [0.1, 0.15) is 0 Å². The molecular weight excluding hydrogens is 539 g/mol. The summed E-state index contributed by atoms with van der Waals surface area (Å²) < 4.78 is 9.67. The Labute approximate surface area is 243 Å². The maximum Gasteiger partial charge on any atom is 0.279 e. The summed E-state index contributed by atoms with van der Waals surface area (Å²) in [6.45, 7) is 8.65. The molecule has 1 saturated heterocycles. The minimum Gasteiger partial charge on any atom is -0.439 e. The molecule has 1 saturated carbocycles. The molecule has 3 aliphatic rings. The molecule has 0 spiro atoms. The van der Waals surface area contributed by atoms with E-state index in [-0.39, 0.29) is 17.3 Å². The van der Waals surface area contributed by atoms with Crippen molar-refractivity contribution in [2.45, 2.75) is 39.5 Å². The van der Waals surface area contributed by atoms with Crippen molar-refractivity contribution < 1.29 is 9.84 Å². The summed E-state index contributed by atoms with van der Waals surface area (Å²) in [5.74, 6) is 3.81. The second kappa shape index (κ2) is 12.5. The molecule has 40 heavy (non-hydrogen) atoms. The van der Waals surface area contributed by atoms with Gasteiger partial charge in [-0.2, -0.15) is 0 Å². The zero-order chi connectivity index (χ0) is 27.5. The zero-order valence-corrected chi connectivity index (χ0v) is 25.0. The molecule has 4 heterocycles. The average Bonchev–Trinajstić information content (AvgIpc) is 3.29. The van der Waals surface area contributed by atoms with E-state index in [1.165, 1.54) is 16.7 Å². The Morgan fingerprint density at radius 2 is 2.02 bits per heavy atom. The zero-order valence-electron chi connectivity index (χ0n) is 23.4. The van der Waals surface area contributed by atoms with Gasteiger partial charge in [-0.1, -0.05) is 42.2 Å². The highest BCUT2D eigenvalue weighted by Gasteiger charge is 2.54. The topological polar surface area (TPSA) is 74.6 Å². The first kappa shape index (κ1) is 27.6. The summed E-state index contributed by atoms with van der Waals surface area (Å²) in [5.41, 5.74) is 4.90. The molecule has 0 amide bonds. The van der Waals surface area contributed by atoms with Crippen molar-refractivity contribution in [3.05, 3.63) is 60.1 Å². The van der Waals surface area contributed by atoms with E-state index in [2.05, 4.69) is 68.7 Å². The van der Waals surface area contributed by atoms with Crippen molar-refractivity contribution in [3.63, 3.8) is 0 Å². The van der Waals surface area contributed by atoms with E-state index in [0.29, 0.717) is 22.9 Å². The molecule has 212 valence electrons. The highest BCUT2D eigenvalue weighted by molar-refractivity contribution is 8.12. The number of thiazole rings is 1. The Balaban J connectivity index is 1.01. The summed E-state index contributed by atoms with van der Waals surface area (Å²) in [5, 5.41) is 12.2. The third-order valence-electron chi connectivity index (χ3n) is 8.27. The number of aryl methyl sites for hydroxylation is 1. The van der Waals surface area contributed by atoms with Crippen LogP contribution in [0.25, 0.3) is 15.8 Å². The van der Waals surface area contributed by atoms with Gasteiger partial charge in [0.2, 0.25) is 5.95 Å². The summed E-state index contributed by atoms with van der Waals surface area (Å²) in [4.78, 5) is 16.2. The second-order valence-corrected chi connectivity index (χ2v) is 14.0. The standard InChI is InChI=1S/C31H39N5O2S2/c1-3-6-22-18-32-30(33-19-22)35-20-26-25(27(26)21-35)11-15-38-31-34-28-8-7-24(17-29(28)39-31)23-9-12-36(13-10-23)40(4-2)16-5-14-37/h4,7-9,11,15,17-19,25-27,37H,3,5-6,10,12-14,16,20-21H2,1-2H3/b15-11+/t25?,26-,27+,40?. The maximum atomic E-state index is 9.20. The Bertz CT molecular complexity index is 1400. The van der Waals surface area contributed by atoms with Gasteiger partial charge in [-0.3, -0.25) is 4.31 Å². The number of ether oxygens (including phenoxy) is 1. The predicted molar refractivity (Wildman–Crippen MR) is 168 cm³/mol. The minimum absolute atomic E-state index is 0.140. The molecule has 4 atom stereocenters. The number of nitrogens with zero attached hydrogens (tertiary/aromatic N) is 5. The number of fused-ring (bicyclic) bond motifs is 2. The van der Waals surface area contributed by atoms with Gasteiger partial charge in [0.25, 0.3) is 5.19 Å². The number of hydrogen-bond donors (Lipinski definition) is 1. The number of aromatic nitrogens is 3. The molecule has 9 heteroatoms. The number of rotatable bonds is 11. The summed E-state index contributed by atoms with van der Waals surface area (Å²) in [7, 11) is 0.140. The first-order valence-electron chi connectivity index (χ1n) is 14.5. The molecule has 1 N–H and O–H groups in total. The van der Waals surface area contributed by atoms with Gasteiger partial charge >= 0.3 is 0 Å². The van der Waals surface area contributed by atoms with Gasteiger partial charge in [0, 0.05) is 50.9 Å². The average molecular weight is 578 g/mol. The summed E-state index contributed by atoms with van der Waals surface area (Å²) in [6, 6.07) is 6.57. The van der Waals surface area contributed by atoms with E-state index in [4.69, 9.17) is 9.72 Å². The van der Waals surface area contributed by atoms with Crippen LogP contribution in [0.4, 0.5) is 5.95 Å². The van der Waals surface area contributed by atoms with Gasteiger partial charge in [-0.25, -0.2) is 15.0 Å². The third kappa shape index (κ3) is 6.03. The molecule has 0 radical (unpaired) electrons. The van der Waals surface area contributed by atoms with Crippen LogP contribution < -0.4 is 9.64 Å². The maximum absolute atomic E-state index is 9.20. The second-order valence-electron chi connectivity index (χ2n) is 10.8. The van der Waals surface area contributed by atoms with Crippen LogP contribution in [0.1, 0.15) is 44.2 Å². The molecule has 0 bridgehead atoms. The minimum atomic E-state index is 0.140. The number of allylic oxidation sites excluding steroid dienone is 1. The van der Waals surface area contributed by atoms with E-state index in [0.717, 1.165) is 73.8 Å². The number of anilines is 1. The molecule has 6 rings (SSSR count). The molecule has 2 fully saturated rings. The van der Waals surface area contributed by atoms with Crippen LogP contribution in [-0.2, 0) is 6.42 Å². The van der Waals surface area contributed by atoms with Crippen LogP contribution in [-0.4, -0.2) is 68.3 Å². The molecule has 2 aliphatic heterocycles. The molecule has 7 nitrogen and oxygen atoms in total. The van der Waals surface area contributed by atoms with Crippen molar-refractivity contribution in [3.8, 4) is 5.19 Å². The smallest absolute Gasteiger partial charge is 0.279 e. The van der Waals surface area contributed by atoms with Crippen molar-refractivity contribution in [2.24, 2.45) is 17.8 Å². The van der Waals surface area contributed by atoms with Gasteiger partial charge in [0.15, 0.2) is 0 Å². The molecule has 1 aliphatic carbocycles. The van der Waals surface area contributed by atoms with Crippen LogP contribution in [0.5, 0.6) is 5.19 Å². The molecule has 2 unspecified atom stereocenters. The monoisotopic (exact) mass is 577 g/mol. The lowest BCUT2D eigenvalue weighted by Gasteiger charge is -2.29. The summed E-state index contributed by atoms with van der Waals surface area (Å²) in [6.07, 6.45) is 14.5. The van der Waals surface area contributed by atoms with Gasteiger partial charge in [-0.15, -0.1) is 10.7 Å². The van der Waals surface area contributed by atoms with Crippen molar-refractivity contribution in [1.82, 2.24) is 19.3 Å². The number of hydrogen-bond acceptors (Lipinski definition) is 8. The van der Waals surface area contributed by atoms with E-state index in [1.54, 1.807) is 11.3 Å². The lowest BCUT2D eigenvalue weighted by Crippen LogP contribution is -2.25. The van der Waals surface area contributed by atoms with Crippen molar-refractivity contribution in [2.75, 3.05) is 43.4 Å². The van der Waals surface area contributed by atoms with Crippen LogP contribution in [0.2, 0.25) is 0 Å². The Morgan fingerprint density at radius 1 is 1.20 bits per heavy atom. The summed E-state index contributed by atoms with van der Waals surface area (Å²) >= 11 is 1.61. The number of benzene rings is 1. The third-order valence-corrected chi connectivity index (χ3v) is 11.4. The normalized spacial score (nSPS) is 23.6. The largest absolute Gasteiger partial charge is 0.439 e. The van der Waals surface area contributed by atoms with Crippen molar-refractivity contribution in [1.29, 1.82) is 0 Å². The van der Waals surface area contributed by atoms with E-state index < -0.39 is 0 Å². The number of aliphatic hydroxyl groups excluding tert-OH is 1. The molecule has 2 aromatic heterocycles. The quantitative estimate of drug-likeness (QED) is 0.228. The first-order valence-corrected chi connectivity index (χ1v) is 16.7. The first-order chi connectivity index (χ1) is 19.7. The van der Waals surface area contributed by atoms with Gasteiger partial charge in [0.05, 0.1) is 16.5 Å². The van der Waals surface area contributed by atoms with Crippen LogP contribution >= 0.6 is 22.0 Å². The van der Waals surface area contributed by atoms with Crippen LogP contribution in [0, 0.1) is 17.8 Å². The Hall–Kier alpha value is -2.59. The predicted octanol–water partition coefficient (Wildman–Crippen LogP) is 5.79. The van der Waals surface area contributed by atoms with Gasteiger partial charge < -0.3 is 14.7 Å². The van der Waals surface area contributed by atoms with Crippen molar-refractivity contribution >= 4 is 49.1 Å². The fourth-order valence-corrected chi connectivity index (χ4v) is 8.67. The van der Waals surface area contributed by atoms with Crippen LogP contribution in [0.15, 0.2) is 49.0 Å². The number of aliphatic hydroxyl groups is 1.